The Morgan fingerprint density at radius 2 is 2.03 bits per heavy atom. The lowest BCUT2D eigenvalue weighted by Gasteiger charge is -2.18. The van der Waals surface area contributed by atoms with Crippen molar-refractivity contribution < 1.29 is 9.47 Å². The average Bonchev–Trinajstić information content (AvgIpc) is 2.76. The number of benzene rings is 2. The summed E-state index contributed by atoms with van der Waals surface area (Å²) in [6.07, 6.45) is 6.96. The summed E-state index contributed by atoms with van der Waals surface area (Å²) >= 11 is 0. The zero-order valence-electron chi connectivity index (χ0n) is 17.3. The number of hydrogen-bond acceptors (Lipinski definition) is 6. The minimum absolute atomic E-state index is 0.548. The highest BCUT2D eigenvalue weighted by Crippen LogP contribution is 2.27. The van der Waals surface area contributed by atoms with Gasteiger partial charge in [0.15, 0.2) is 0 Å². The van der Waals surface area contributed by atoms with Crippen LogP contribution in [-0.2, 0) is 6.54 Å². The van der Waals surface area contributed by atoms with Gasteiger partial charge in [0.05, 0.1) is 19.4 Å². The number of aromatic nitrogens is 2. The van der Waals surface area contributed by atoms with Gasteiger partial charge < -0.3 is 14.8 Å². The van der Waals surface area contributed by atoms with Crippen LogP contribution < -0.4 is 14.8 Å². The lowest BCUT2D eigenvalue weighted by molar-refractivity contribution is 0.323. The van der Waals surface area contributed by atoms with Crippen molar-refractivity contribution in [3.05, 3.63) is 72.4 Å². The van der Waals surface area contributed by atoms with E-state index in [1.54, 1.807) is 13.3 Å². The average molecular weight is 402 g/mol. The van der Waals surface area contributed by atoms with Gasteiger partial charge in [0.2, 0.25) is 5.95 Å². The molecule has 0 saturated heterocycles. The van der Waals surface area contributed by atoms with Crippen LogP contribution in [0.5, 0.6) is 11.5 Å². The van der Waals surface area contributed by atoms with Crippen LogP contribution in [0.2, 0.25) is 0 Å². The van der Waals surface area contributed by atoms with E-state index < -0.39 is 0 Å². The highest BCUT2D eigenvalue weighted by molar-refractivity contribution is 5.64. The molecule has 0 radical (unpaired) electrons. The van der Waals surface area contributed by atoms with Crippen molar-refractivity contribution in [2.45, 2.75) is 13.0 Å². The lowest BCUT2D eigenvalue weighted by Crippen LogP contribution is -2.18. The molecule has 0 unspecified atom stereocenters. The number of hydrogen-bond donors (Lipinski definition) is 1. The SMILES string of the molecule is COc1ccc2cc1CN(C)C/C=C/CCOc1cccc(c1)-c1ccnc(n1)N2. The van der Waals surface area contributed by atoms with E-state index >= 15 is 0 Å². The second-order valence-electron chi connectivity index (χ2n) is 7.25. The van der Waals surface area contributed by atoms with Gasteiger partial charge in [-0.3, -0.25) is 4.90 Å². The molecular weight excluding hydrogens is 376 g/mol. The van der Waals surface area contributed by atoms with Crippen molar-refractivity contribution in [2.75, 3.05) is 32.6 Å². The summed E-state index contributed by atoms with van der Waals surface area (Å²) in [6, 6.07) is 15.9. The predicted octanol–water partition coefficient (Wildman–Crippen LogP) is 4.67. The Labute approximate surface area is 177 Å². The topological polar surface area (TPSA) is 59.5 Å². The van der Waals surface area contributed by atoms with Crippen molar-refractivity contribution in [1.82, 2.24) is 14.9 Å². The summed E-state index contributed by atoms with van der Waals surface area (Å²) in [6.45, 7) is 2.25. The van der Waals surface area contributed by atoms with Crippen molar-refractivity contribution in [1.29, 1.82) is 0 Å². The van der Waals surface area contributed by atoms with Crippen LogP contribution in [0.25, 0.3) is 11.3 Å². The standard InChI is InChI=1S/C24H26N4O2/c1-28-13-4-3-5-14-30-21-8-6-7-18(16-21)22-11-12-25-24(27-22)26-20-9-10-23(29-2)19(15-20)17-28/h3-4,6-12,15-16H,5,13-14,17H2,1-2H3,(H,25,26,27)/b4-3+. The van der Waals surface area contributed by atoms with Crippen LogP contribution in [0.4, 0.5) is 11.6 Å². The Bertz CT molecular complexity index is 1040. The predicted molar refractivity (Wildman–Crippen MR) is 119 cm³/mol. The van der Waals surface area contributed by atoms with Crippen LogP contribution in [0, 0.1) is 0 Å². The van der Waals surface area contributed by atoms with Crippen LogP contribution in [0.3, 0.4) is 0 Å². The number of likely N-dealkylation sites (N-methyl/N-ethyl adjacent to an activating group) is 1. The molecule has 0 aliphatic carbocycles. The quantitative estimate of drug-likeness (QED) is 0.597. The Hall–Kier alpha value is -3.38. The van der Waals surface area contributed by atoms with E-state index in [0.29, 0.717) is 12.6 Å². The van der Waals surface area contributed by atoms with Crippen LogP contribution in [0.1, 0.15) is 12.0 Å². The number of nitrogens with zero attached hydrogens (tertiary/aromatic N) is 3. The first-order valence-electron chi connectivity index (χ1n) is 10.0. The van der Waals surface area contributed by atoms with Crippen molar-refractivity contribution in [3.63, 3.8) is 0 Å². The van der Waals surface area contributed by atoms with Gasteiger partial charge in [-0.25, -0.2) is 9.97 Å². The smallest absolute Gasteiger partial charge is 0.227 e. The van der Waals surface area contributed by atoms with E-state index in [0.717, 1.165) is 53.5 Å². The Morgan fingerprint density at radius 1 is 1.10 bits per heavy atom. The molecule has 1 aliphatic rings. The largest absolute Gasteiger partial charge is 0.496 e. The van der Waals surface area contributed by atoms with Gasteiger partial charge in [-0.15, -0.1) is 0 Å². The molecule has 0 saturated carbocycles. The molecule has 0 fully saturated rings. The van der Waals surface area contributed by atoms with Gasteiger partial charge in [-0.2, -0.15) is 0 Å². The molecule has 6 bridgehead atoms. The number of nitrogens with one attached hydrogen (secondary N) is 1. The third kappa shape index (κ3) is 4.96. The third-order valence-electron chi connectivity index (χ3n) is 4.90. The summed E-state index contributed by atoms with van der Waals surface area (Å²) in [5, 5.41) is 3.32. The van der Waals surface area contributed by atoms with Gasteiger partial charge in [0.25, 0.3) is 0 Å². The molecule has 2 heterocycles. The summed E-state index contributed by atoms with van der Waals surface area (Å²) < 4.78 is 11.5. The van der Waals surface area contributed by atoms with Crippen molar-refractivity contribution in [2.24, 2.45) is 0 Å². The Morgan fingerprint density at radius 3 is 2.93 bits per heavy atom. The summed E-state index contributed by atoms with van der Waals surface area (Å²) in [7, 11) is 3.79. The number of rotatable bonds is 1. The van der Waals surface area contributed by atoms with Gasteiger partial charge in [-0.1, -0.05) is 24.3 Å². The Balaban J connectivity index is 1.70. The van der Waals surface area contributed by atoms with E-state index in [-0.39, 0.29) is 0 Å². The second-order valence-corrected chi connectivity index (χ2v) is 7.25. The highest BCUT2D eigenvalue weighted by Gasteiger charge is 2.10. The maximum absolute atomic E-state index is 5.91. The normalized spacial score (nSPS) is 15.8. The fourth-order valence-corrected chi connectivity index (χ4v) is 3.41. The van der Waals surface area contributed by atoms with E-state index in [1.807, 2.05) is 42.5 Å². The Kier molecular flexibility index (Phi) is 6.25. The molecular formula is C24H26N4O2. The molecule has 2 aromatic carbocycles. The fraction of sp³-hybridized carbons (Fsp3) is 0.250. The number of fused-ring (bicyclic) bond motifs is 7. The summed E-state index contributed by atoms with van der Waals surface area (Å²) in [5.41, 5.74) is 3.86. The molecule has 0 spiro atoms. The summed E-state index contributed by atoms with van der Waals surface area (Å²) in [5.74, 6) is 2.25. The minimum Gasteiger partial charge on any atom is -0.496 e. The van der Waals surface area contributed by atoms with Crippen molar-refractivity contribution >= 4 is 11.6 Å². The van der Waals surface area contributed by atoms with Gasteiger partial charge in [-0.05, 0) is 49.9 Å². The number of ether oxygens (including phenoxy) is 2. The van der Waals surface area contributed by atoms with Gasteiger partial charge in [0, 0.05) is 36.1 Å². The fourth-order valence-electron chi connectivity index (χ4n) is 3.41. The lowest BCUT2D eigenvalue weighted by atomic mass is 10.1. The second kappa shape index (κ2) is 9.41. The third-order valence-corrected chi connectivity index (χ3v) is 4.90. The van der Waals surface area contributed by atoms with Crippen LogP contribution in [-0.4, -0.2) is 42.2 Å². The first-order valence-corrected chi connectivity index (χ1v) is 10.0. The first kappa shape index (κ1) is 19.9. The molecule has 1 aliphatic heterocycles. The molecule has 0 atom stereocenters. The van der Waals surface area contributed by atoms with Crippen LogP contribution in [0.15, 0.2) is 66.9 Å². The molecule has 154 valence electrons. The maximum atomic E-state index is 5.91. The van der Waals surface area contributed by atoms with E-state index in [4.69, 9.17) is 9.47 Å². The number of methoxy groups -OCH3 is 1. The molecule has 1 aromatic heterocycles. The molecule has 1 N–H and O–H groups in total. The monoisotopic (exact) mass is 402 g/mol. The zero-order chi connectivity index (χ0) is 20.8. The van der Waals surface area contributed by atoms with E-state index in [1.165, 1.54) is 0 Å². The van der Waals surface area contributed by atoms with Gasteiger partial charge >= 0.3 is 0 Å². The zero-order valence-corrected chi connectivity index (χ0v) is 17.3. The summed E-state index contributed by atoms with van der Waals surface area (Å²) in [4.78, 5) is 11.3. The molecule has 4 rings (SSSR count). The minimum atomic E-state index is 0.548. The van der Waals surface area contributed by atoms with E-state index in [2.05, 4.69) is 45.5 Å². The first-order chi connectivity index (χ1) is 14.7. The van der Waals surface area contributed by atoms with Gasteiger partial charge in [0.1, 0.15) is 11.5 Å². The molecule has 3 aromatic rings. The van der Waals surface area contributed by atoms with E-state index in [9.17, 15) is 0 Å². The molecule has 6 heteroatoms. The van der Waals surface area contributed by atoms with Crippen molar-refractivity contribution in [3.8, 4) is 22.8 Å². The van der Waals surface area contributed by atoms with Crippen LogP contribution >= 0.6 is 0 Å². The molecule has 6 nitrogen and oxygen atoms in total. The maximum Gasteiger partial charge on any atom is 0.227 e. The molecule has 30 heavy (non-hydrogen) atoms. The molecule has 0 amide bonds. The highest BCUT2D eigenvalue weighted by atomic mass is 16.5. The number of anilines is 2.